The van der Waals surface area contributed by atoms with Crippen LogP contribution in [-0.2, 0) is 4.79 Å². The summed E-state index contributed by atoms with van der Waals surface area (Å²) in [6.45, 7) is 4.23. The molecule has 54 valence electrons. The molecule has 1 N–H and O–H groups in total. The molecule has 0 heterocycles. The van der Waals surface area contributed by atoms with E-state index in [2.05, 4.69) is 17.8 Å². The van der Waals surface area contributed by atoms with Crippen LogP contribution >= 0.6 is 0 Å². The largest absolute Gasteiger partial charge is 0.299 e. The summed E-state index contributed by atoms with van der Waals surface area (Å²) in [4.78, 5) is 10.7. The van der Waals surface area contributed by atoms with Crippen LogP contribution in [0.1, 0.15) is 6.42 Å². The van der Waals surface area contributed by atoms with Crippen LogP contribution in [0.2, 0.25) is 0 Å². The number of allylic oxidation sites excluding steroid dienone is 1. The minimum Gasteiger partial charge on any atom is -0.299 e. The van der Waals surface area contributed by atoms with E-state index in [-0.39, 0.29) is 5.78 Å². The normalized spacial score (nSPS) is 8.30. The molecular weight excluding hydrogens is 126 g/mol. The molecule has 0 aliphatic carbocycles. The van der Waals surface area contributed by atoms with Crippen LogP contribution in [0, 0.1) is 12.3 Å². The highest BCUT2D eigenvalue weighted by molar-refractivity contribution is 5.81. The third kappa shape index (κ3) is 5.07. The van der Waals surface area contributed by atoms with E-state index in [1.807, 2.05) is 0 Å². The quantitative estimate of drug-likeness (QED) is 0.336. The zero-order valence-corrected chi connectivity index (χ0v) is 5.89. The molecule has 0 atom stereocenters. The lowest BCUT2D eigenvalue weighted by molar-refractivity contribution is -0.117. The summed E-state index contributed by atoms with van der Waals surface area (Å²) >= 11 is 0. The number of rotatable bonds is 5. The number of carbonyl (C=O) groups excluding carboxylic acids is 1. The van der Waals surface area contributed by atoms with Gasteiger partial charge in [0.15, 0.2) is 0 Å². The molecule has 0 spiro atoms. The van der Waals surface area contributed by atoms with Gasteiger partial charge in [-0.1, -0.05) is 12.0 Å². The third-order valence-corrected chi connectivity index (χ3v) is 0.921. The number of carbonyl (C=O) groups is 1. The zero-order chi connectivity index (χ0) is 7.82. The van der Waals surface area contributed by atoms with Crippen molar-refractivity contribution in [2.75, 3.05) is 13.1 Å². The van der Waals surface area contributed by atoms with Crippen LogP contribution in [0.5, 0.6) is 0 Å². The lowest BCUT2D eigenvalue weighted by Gasteiger charge is -1.95. The van der Waals surface area contributed by atoms with Gasteiger partial charge in [0.25, 0.3) is 0 Å². The molecule has 0 aliphatic heterocycles. The predicted octanol–water partition coefficient (Wildman–Crippen LogP) is 0.354. The summed E-state index contributed by atoms with van der Waals surface area (Å²) in [5, 5.41) is 2.79. The Bertz CT molecular complexity index is 155. The molecule has 0 saturated carbocycles. The van der Waals surface area contributed by atoms with Gasteiger partial charge in [-0.15, -0.1) is 13.0 Å². The van der Waals surface area contributed by atoms with Gasteiger partial charge in [0.2, 0.25) is 0 Å². The smallest absolute Gasteiger partial charge is 0.150 e. The number of Topliss-reactive ketones (excluding diaryl/α,β-unsaturated/α-hetero) is 1. The predicted molar refractivity (Wildman–Crippen MR) is 41.5 cm³/mol. The average Bonchev–Trinajstić information content (AvgIpc) is 1.89. The standard InChI is InChI=1S/C8H11NO/c1-3-5-8(10)7-9-6-4-2/h2-3,9H,1,5-7H2. The van der Waals surface area contributed by atoms with Crippen molar-refractivity contribution in [2.24, 2.45) is 0 Å². The fourth-order valence-corrected chi connectivity index (χ4v) is 0.507. The zero-order valence-electron chi connectivity index (χ0n) is 5.89. The molecule has 0 amide bonds. The lowest BCUT2D eigenvalue weighted by atomic mass is 10.3. The molecule has 0 bridgehead atoms. The molecule has 2 heteroatoms. The average molecular weight is 137 g/mol. The topological polar surface area (TPSA) is 29.1 Å². The second-order valence-electron chi connectivity index (χ2n) is 1.84. The monoisotopic (exact) mass is 137 g/mol. The first-order valence-electron chi connectivity index (χ1n) is 3.08. The molecule has 0 unspecified atom stereocenters. The first kappa shape index (κ1) is 8.93. The minimum absolute atomic E-state index is 0.116. The van der Waals surface area contributed by atoms with Gasteiger partial charge < -0.3 is 0 Å². The van der Waals surface area contributed by atoms with Crippen molar-refractivity contribution in [3.8, 4) is 12.3 Å². The van der Waals surface area contributed by atoms with Gasteiger partial charge in [0.1, 0.15) is 5.78 Å². The Morgan fingerprint density at radius 2 is 2.50 bits per heavy atom. The van der Waals surface area contributed by atoms with Gasteiger partial charge in [-0.05, 0) is 0 Å². The summed E-state index contributed by atoms with van der Waals surface area (Å²) in [5.41, 5.74) is 0. The highest BCUT2D eigenvalue weighted by atomic mass is 16.1. The van der Waals surface area contributed by atoms with Gasteiger partial charge in [0, 0.05) is 6.42 Å². The van der Waals surface area contributed by atoms with Crippen molar-refractivity contribution in [3.05, 3.63) is 12.7 Å². The number of terminal acetylenes is 1. The van der Waals surface area contributed by atoms with Gasteiger partial charge in [-0.25, -0.2) is 0 Å². The first-order chi connectivity index (χ1) is 4.81. The fraction of sp³-hybridized carbons (Fsp3) is 0.375. The Morgan fingerprint density at radius 3 is 3.00 bits per heavy atom. The van der Waals surface area contributed by atoms with E-state index in [0.717, 1.165) is 0 Å². The molecule has 10 heavy (non-hydrogen) atoms. The Balaban J connectivity index is 3.23. The summed E-state index contributed by atoms with van der Waals surface area (Å²) in [5.74, 6) is 2.49. The molecule has 0 saturated heterocycles. The highest BCUT2D eigenvalue weighted by Gasteiger charge is 1.94. The van der Waals surface area contributed by atoms with Crippen LogP contribution in [-0.4, -0.2) is 18.9 Å². The molecule has 2 nitrogen and oxygen atoms in total. The summed E-state index contributed by atoms with van der Waals surface area (Å²) in [6, 6.07) is 0. The van der Waals surface area contributed by atoms with Crippen molar-refractivity contribution >= 4 is 5.78 Å². The van der Waals surface area contributed by atoms with Crippen LogP contribution in [0.3, 0.4) is 0 Å². The van der Waals surface area contributed by atoms with Gasteiger partial charge in [-0.2, -0.15) is 0 Å². The van der Waals surface area contributed by atoms with Gasteiger partial charge in [0.05, 0.1) is 13.1 Å². The minimum atomic E-state index is 0.116. The molecule has 0 rings (SSSR count). The van der Waals surface area contributed by atoms with Crippen molar-refractivity contribution < 1.29 is 4.79 Å². The van der Waals surface area contributed by atoms with E-state index < -0.39 is 0 Å². The Kier molecular flexibility index (Phi) is 5.41. The molecule has 0 aliphatic rings. The number of ketones is 1. The number of nitrogens with one attached hydrogen (secondary N) is 1. The van der Waals surface area contributed by atoms with E-state index in [0.29, 0.717) is 19.5 Å². The SMILES string of the molecule is C#CCNCC(=O)CC=C. The van der Waals surface area contributed by atoms with E-state index in [9.17, 15) is 4.79 Å². The van der Waals surface area contributed by atoms with Crippen molar-refractivity contribution in [2.45, 2.75) is 6.42 Å². The Hall–Kier alpha value is -1.07. The number of hydrogen-bond donors (Lipinski definition) is 1. The van der Waals surface area contributed by atoms with E-state index >= 15 is 0 Å². The van der Waals surface area contributed by atoms with Crippen molar-refractivity contribution in [3.63, 3.8) is 0 Å². The first-order valence-corrected chi connectivity index (χ1v) is 3.08. The second kappa shape index (κ2) is 6.06. The lowest BCUT2D eigenvalue weighted by Crippen LogP contribution is -2.22. The van der Waals surface area contributed by atoms with Crippen LogP contribution in [0.15, 0.2) is 12.7 Å². The van der Waals surface area contributed by atoms with Crippen LogP contribution in [0.25, 0.3) is 0 Å². The summed E-state index contributed by atoms with van der Waals surface area (Å²) in [6.07, 6.45) is 6.94. The molecule has 0 aromatic heterocycles. The maximum atomic E-state index is 10.7. The summed E-state index contributed by atoms with van der Waals surface area (Å²) in [7, 11) is 0. The van der Waals surface area contributed by atoms with Crippen molar-refractivity contribution in [1.82, 2.24) is 5.32 Å². The highest BCUT2D eigenvalue weighted by Crippen LogP contribution is 1.80. The second-order valence-corrected chi connectivity index (χ2v) is 1.84. The van der Waals surface area contributed by atoms with Gasteiger partial charge in [-0.3, -0.25) is 10.1 Å². The molecular formula is C8H11NO. The Labute approximate surface area is 61.3 Å². The molecule has 0 aromatic carbocycles. The third-order valence-electron chi connectivity index (χ3n) is 0.921. The number of hydrogen-bond acceptors (Lipinski definition) is 2. The van der Waals surface area contributed by atoms with E-state index in [4.69, 9.17) is 6.42 Å². The molecule has 0 aromatic rings. The van der Waals surface area contributed by atoms with Gasteiger partial charge >= 0.3 is 0 Å². The molecule has 0 fully saturated rings. The van der Waals surface area contributed by atoms with Crippen LogP contribution in [0.4, 0.5) is 0 Å². The van der Waals surface area contributed by atoms with E-state index in [1.165, 1.54) is 0 Å². The maximum Gasteiger partial charge on any atom is 0.150 e. The Morgan fingerprint density at radius 1 is 1.80 bits per heavy atom. The fourth-order valence-electron chi connectivity index (χ4n) is 0.507. The van der Waals surface area contributed by atoms with Crippen molar-refractivity contribution in [1.29, 1.82) is 0 Å². The summed E-state index contributed by atoms with van der Waals surface area (Å²) < 4.78 is 0. The molecule has 0 radical (unpaired) electrons. The van der Waals surface area contributed by atoms with E-state index in [1.54, 1.807) is 6.08 Å². The maximum absolute atomic E-state index is 10.7. The van der Waals surface area contributed by atoms with Crippen LogP contribution < -0.4 is 5.32 Å².